The number of piperazine rings is 1. The molecule has 1 N–H and O–H groups in total. The van der Waals surface area contributed by atoms with Crippen LogP contribution in [0.25, 0.3) is 0 Å². The maximum atomic E-state index is 14.2. The first-order valence-electron chi connectivity index (χ1n) is 11.7. The maximum absolute atomic E-state index is 14.2. The Morgan fingerprint density at radius 2 is 1.70 bits per heavy atom. The number of carbonyl (C=O) groups is 2. The molecule has 2 aromatic carbocycles. The minimum absolute atomic E-state index is 0.0120. The van der Waals surface area contributed by atoms with Gasteiger partial charge in [0.05, 0.1) is 11.6 Å². The Kier molecular flexibility index (Phi) is 8.04. The molecule has 11 heteroatoms. The Hall–Kier alpha value is -3.37. The lowest BCUT2D eigenvalue weighted by Crippen LogP contribution is -2.66. The van der Waals surface area contributed by atoms with Gasteiger partial charge < -0.3 is 15.0 Å². The van der Waals surface area contributed by atoms with Crippen LogP contribution in [0.5, 0.6) is 0 Å². The van der Waals surface area contributed by atoms with E-state index in [1.807, 2.05) is 0 Å². The second-order valence-corrected chi connectivity index (χ2v) is 9.97. The first kappa shape index (κ1) is 28.2. The SMILES string of the molecule is CNC(=O)C1C(Cc2cc(F)cc(C(F)(F)F)c2)N(c2ccc(F)cc2C)CCN1C(=O)OC(C)(C)C. The van der Waals surface area contributed by atoms with Crippen LogP contribution in [0.2, 0.25) is 0 Å². The number of amides is 2. The number of halogens is 5. The van der Waals surface area contributed by atoms with Gasteiger partial charge >= 0.3 is 12.3 Å². The van der Waals surface area contributed by atoms with Crippen LogP contribution in [-0.2, 0) is 22.1 Å². The number of anilines is 1. The number of benzene rings is 2. The normalized spacial score (nSPS) is 18.5. The second-order valence-electron chi connectivity index (χ2n) is 9.97. The molecule has 2 unspecified atom stereocenters. The zero-order valence-corrected chi connectivity index (χ0v) is 21.2. The van der Waals surface area contributed by atoms with Crippen molar-refractivity contribution >= 4 is 17.7 Å². The monoisotopic (exact) mass is 527 g/mol. The Balaban J connectivity index is 2.13. The molecule has 0 bridgehead atoms. The molecule has 202 valence electrons. The minimum Gasteiger partial charge on any atom is -0.444 e. The Bertz CT molecular complexity index is 1160. The van der Waals surface area contributed by atoms with E-state index in [4.69, 9.17) is 4.74 Å². The van der Waals surface area contributed by atoms with Crippen molar-refractivity contribution in [2.75, 3.05) is 25.0 Å². The summed E-state index contributed by atoms with van der Waals surface area (Å²) in [4.78, 5) is 29.2. The van der Waals surface area contributed by atoms with Gasteiger partial charge in [0.1, 0.15) is 23.3 Å². The topological polar surface area (TPSA) is 61.9 Å². The van der Waals surface area contributed by atoms with Crippen molar-refractivity contribution in [3.63, 3.8) is 0 Å². The predicted molar refractivity (Wildman–Crippen MR) is 128 cm³/mol. The van der Waals surface area contributed by atoms with E-state index in [2.05, 4.69) is 5.32 Å². The first-order valence-corrected chi connectivity index (χ1v) is 11.7. The third kappa shape index (κ3) is 6.69. The number of likely N-dealkylation sites (N-methyl/N-ethyl adjacent to an activating group) is 1. The van der Waals surface area contributed by atoms with E-state index in [1.165, 1.54) is 30.1 Å². The molecule has 0 spiro atoms. The average molecular weight is 528 g/mol. The zero-order valence-electron chi connectivity index (χ0n) is 21.2. The number of aryl methyl sites for hydroxylation is 1. The average Bonchev–Trinajstić information content (AvgIpc) is 2.76. The molecule has 0 saturated carbocycles. The van der Waals surface area contributed by atoms with Gasteiger partial charge in [0, 0.05) is 25.8 Å². The Labute approximate surface area is 212 Å². The lowest BCUT2D eigenvalue weighted by molar-refractivity contribution is -0.137. The molecule has 3 rings (SSSR count). The highest BCUT2D eigenvalue weighted by molar-refractivity contribution is 5.87. The molecule has 2 atom stereocenters. The number of hydrogen-bond donors (Lipinski definition) is 1. The van der Waals surface area contributed by atoms with Gasteiger partial charge in [-0.25, -0.2) is 13.6 Å². The summed E-state index contributed by atoms with van der Waals surface area (Å²) < 4.78 is 73.8. The zero-order chi connectivity index (χ0) is 27.7. The van der Waals surface area contributed by atoms with Crippen LogP contribution < -0.4 is 10.2 Å². The molecule has 37 heavy (non-hydrogen) atoms. The van der Waals surface area contributed by atoms with E-state index in [0.717, 1.165) is 12.1 Å². The van der Waals surface area contributed by atoms with Crippen LogP contribution in [0.15, 0.2) is 36.4 Å². The van der Waals surface area contributed by atoms with Gasteiger partial charge in [-0.2, -0.15) is 13.2 Å². The lowest BCUT2D eigenvalue weighted by atomic mass is 9.91. The number of hydrogen-bond acceptors (Lipinski definition) is 4. The summed E-state index contributed by atoms with van der Waals surface area (Å²) in [6, 6.07) is 4.11. The van der Waals surface area contributed by atoms with Gasteiger partial charge in [-0.1, -0.05) is 0 Å². The fourth-order valence-corrected chi connectivity index (χ4v) is 4.52. The van der Waals surface area contributed by atoms with Gasteiger partial charge in [-0.3, -0.25) is 9.69 Å². The molecule has 0 radical (unpaired) electrons. The van der Waals surface area contributed by atoms with Crippen LogP contribution in [0.3, 0.4) is 0 Å². The van der Waals surface area contributed by atoms with Crippen LogP contribution >= 0.6 is 0 Å². The molecule has 1 aliphatic rings. The van der Waals surface area contributed by atoms with Gasteiger partial charge in [-0.05, 0) is 81.6 Å². The highest BCUT2D eigenvalue weighted by atomic mass is 19.4. The third-order valence-corrected chi connectivity index (χ3v) is 6.02. The Morgan fingerprint density at radius 3 is 2.27 bits per heavy atom. The summed E-state index contributed by atoms with van der Waals surface area (Å²) >= 11 is 0. The fourth-order valence-electron chi connectivity index (χ4n) is 4.52. The smallest absolute Gasteiger partial charge is 0.416 e. The van der Waals surface area contributed by atoms with Crippen LogP contribution in [0.4, 0.5) is 32.4 Å². The quantitative estimate of drug-likeness (QED) is 0.564. The summed E-state index contributed by atoms with van der Waals surface area (Å²) in [7, 11) is 1.37. The molecule has 0 aromatic heterocycles. The van der Waals surface area contributed by atoms with Crippen LogP contribution in [0, 0.1) is 18.6 Å². The van der Waals surface area contributed by atoms with Crippen molar-refractivity contribution in [1.29, 1.82) is 0 Å². The lowest BCUT2D eigenvalue weighted by Gasteiger charge is -2.48. The molecule has 1 heterocycles. The minimum atomic E-state index is -4.78. The fraction of sp³-hybridized carbons (Fsp3) is 0.462. The highest BCUT2D eigenvalue weighted by Gasteiger charge is 2.45. The van der Waals surface area contributed by atoms with E-state index in [1.54, 1.807) is 32.6 Å². The molecule has 2 aromatic rings. The highest BCUT2D eigenvalue weighted by Crippen LogP contribution is 2.34. The van der Waals surface area contributed by atoms with Gasteiger partial charge in [0.15, 0.2) is 0 Å². The number of carbonyl (C=O) groups excluding carboxylic acids is 2. The van der Waals surface area contributed by atoms with Crippen LogP contribution in [-0.4, -0.2) is 54.7 Å². The second kappa shape index (κ2) is 10.5. The Morgan fingerprint density at radius 1 is 1.03 bits per heavy atom. The molecule has 6 nitrogen and oxygen atoms in total. The van der Waals surface area contributed by atoms with Crippen molar-refractivity contribution in [2.24, 2.45) is 0 Å². The van der Waals surface area contributed by atoms with Crippen molar-refractivity contribution in [2.45, 2.75) is 58.0 Å². The summed E-state index contributed by atoms with van der Waals surface area (Å²) in [5.41, 5.74) is -0.974. The molecule has 1 fully saturated rings. The maximum Gasteiger partial charge on any atom is 0.416 e. The van der Waals surface area contributed by atoms with Gasteiger partial charge in [-0.15, -0.1) is 0 Å². The van der Waals surface area contributed by atoms with E-state index in [-0.39, 0.29) is 25.1 Å². The van der Waals surface area contributed by atoms with Crippen molar-refractivity contribution < 1.29 is 36.3 Å². The number of rotatable bonds is 4. The predicted octanol–water partition coefficient (Wildman–Crippen LogP) is 5.08. The number of nitrogens with one attached hydrogen (secondary N) is 1. The summed E-state index contributed by atoms with van der Waals surface area (Å²) in [5, 5.41) is 2.51. The summed E-state index contributed by atoms with van der Waals surface area (Å²) in [6.45, 7) is 6.89. The van der Waals surface area contributed by atoms with Gasteiger partial charge in [0.2, 0.25) is 5.91 Å². The molecular weight excluding hydrogens is 497 g/mol. The number of alkyl halides is 3. The van der Waals surface area contributed by atoms with Crippen molar-refractivity contribution in [3.8, 4) is 0 Å². The largest absolute Gasteiger partial charge is 0.444 e. The number of ether oxygens (including phenoxy) is 1. The van der Waals surface area contributed by atoms with Crippen LogP contribution in [0.1, 0.15) is 37.5 Å². The van der Waals surface area contributed by atoms with E-state index < -0.39 is 53.1 Å². The molecule has 1 aliphatic heterocycles. The van der Waals surface area contributed by atoms with Gasteiger partial charge in [0.25, 0.3) is 0 Å². The summed E-state index contributed by atoms with van der Waals surface area (Å²) in [6.07, 6.45) is -5.76. The summed E-state index contributed by atoms with van der Waals surface area (Å²) in [5.74, 6) is -2.13. The van der Waals surface area contributed by atoms with Crippen molar-refractivity contribution in [3.05, 3.63) is 64.7 Å². The molecule has 2 amide bonds. The standard InChI is InChI=1S/C26H30F5N3O3/c1-15-10-18(27)6-7-20(15)33-8-9-34(24(36)37-25(2,3)4)22(23(35)32-5)21(33)13-16-11-17(26(29,30)31)14-19(28)12-16/h6-7,10-12,14,21-22H,8-9,13H2,1-5H3,(H,32,35). The number of nitrogens with zero attached hydrogens (tertiary/aromatic N) is 2. The third-order valence-electron chi connectivity index (χ3n) is 6.02. The van der Waals surface area contributed by atoms with E-state index in [9.17, 15) is 31.5 Å². The first-order chi connectivity index (χ1) is 17.1. The van der Waals surface area contributed by atoms with E-state index in [0.29, 0.717) is 17.3 Å². The molecular formula is C26H30F5N3O3. The van der Waals surface area contributed by atoms with E-state index >= 15 is 0 Å². The van der Waals surface area contributed by atoms with Crippen molar-refractivity contribution in [1.82, 2.24) is 10.2 Å². The molecule has 0 aliphatic carbocycles. The molecule has 1 saturated heterocycles.